The van der Waals surface area contributed by atoms with Crippen LogP contribution in [0.1, 0.15) is 117 Å². The summed E-state index contributed by atoms with van der Waals surface area (Å²) in [6, 6.07) is 0. The summed E-state index contributed by atoms with van der Waals surface area (Å²) >= 11 is 0. The molecule has 2 aliphatic carbocycles. The van der Waals surface area contributed by atoms with Gasteiger partial charge in [0.15, 0.2) is 0 Å². The first-order chi connectivity index (χ1) is 11.7. The Labute approximate surface area is 153 Å². The quantitative estimate of drug-likeness (QED) is 0.334. The second-order valence-electron chi connectivity index (χ2n) is 9.21. The Hall–Kier alpha value is 0. The van der Waals surface area contributed by atoms with Crippen LogP contribution in [0.25, 0.3) is 0 Å². The smallest absolute Gasteiger partial charge is 0.0360 e. The van der Waals surface area contributed by atoms with Crippen LogP contribution in [0.15, 0.2) is 0 Å². The molecule has 0 spiro atoms. The van der Waals surface area contributed by atoms with Gasteiger partial charge in [0.05, 0.1) is 0 Å². The highest BCUT2D eigenvalue weighted by molar-refractivity contribution is 4.83. The summed E-state index contributed by atoms with van der Waals surface area (Å²) < 4.78 is 0. The van der Waals surface area contributed by atoms with Gasteiger partial charge < -0.3 is 0 Å². The predicted molar refractivity (Wildman–Crippen MR) is 108 cm³/mol. The van der Waals surface area contributed by atoms with Crippen molar-refractivity contribution in [2.24, 2.45) is 29.6 Å². The Morgan fingerprint density at radius 3 is 1.96 bits per heavy atom. The predicted octanol–water partition coefficient (Wildman–Crippen LogP) is 8.21. The Balaban J connectivity index is 1.90. The third-order valence-electron chi connectivity index (χ3n) is 7.33. The van der Waals surface area contributed by atoms with Crippen molar-refractivity contribution >= 4 is 0 Å². The van der Waals surface area contributed by atoms with Gasteiger partial charge in [0.25, 0.3) is 0 Å². The molecule has 0 N–H and O–H groups in total. The van der Waals surface area contributed by atoms with E-state index in [-0.39, 0.29) is 0 Å². The first kappa shape index (κ1) is 20.3. The van der Waals surface area contributed by atoms with Crippen molar-refractivity contribution in [1.29, 1.82) is 0 Å². The lowest BCUT2D eigenvalue weighted by Gasteiger charge is -2.35. The molecule has 1 radical (unpaired) electrons. The topological polar surface area (TPSA) is 0 Å². The van der Waals surface area contributed by atoms with Crippen molar-refractivity contribution in [2.75, 3.05) is 0 Å². The van der Waals surface area contributed by atoms with Crippen LogP contribution in [0.4, 0.5) is 0 Å². The molecular formula is C24H45. The highest BCUT2D eigenvalue weighted by Gasteiger charge is 2.30. The van der Waals surface area contributed by atoms with Gasteiger partial charge in [0.2, 0.25) is 0 Å². The third kappa shape index (κ3) is 6.72. The van der Waals surface area contributed by atoms with E-state index in [0.717, 1.165) is 23.7 Å². The molecule has 0 aromatic heterocycles. The first-order valence-electron chi connectivity index (χ1n) is 11.6. The standard InChI is InChI=1S/C24H45/c1-4-6-8-17-23(19-22-15-11-12-16-22)24(5-2)20(3)18-21-13-9-7-10-14-21/h20-24H,3-19H2,1-2H3. The molecule has 24 heavy (non-hydrogen) atoms. The van der Waals surface area contributed by atoms with Gasteiger partial charge in [-0.25, -0.2) is 0 Å². The van der Waals surface area contributed by atoms with Gasteiger partial charge in [-0.15, -0.1) is 0 Å². The molecule has 0 bridgehead atoms. The molecule has 2 fully saturated rings. The lowest BCUT2D eigenvalue weighted by molar-refractivity contribution is 0.165. The largest absolute Gasteiger partial charge is 0.0654 e. The molecule has 3 atom stereocenters. The van der Waals surface area contributed by atoms with E-state index in [1.807, 2.05) is 0 Å². The Morgan fingerprint density at radius 2 is 1.38 bits per heavy atom. The summed E-state index contributed by atoms with van der Waals surface area (Å²) in [5.41, 5.74) is 0. The lowest BCUT2D eigenvalue weighted by Crippen LogP contribution is -2.26. The van der Waals surface area contributed by atoms with Crippen molar-refractivity contribution < 1.29 is 0 Å². The van der Waals surface area contributed by atoms with E-state index in [9.17, 15) is 0 Å². The lowest BCUT2D eigenvalue weighted by atomic mass is 9.70. The van der Waals surface area contributed by atoms with E-state index in [2.05, 4.69) is 13.8 Å². The zero-order valence-electron chi connectivity index (χ0n) is 16.9. The van der Waals surface area contributed by atoms with E-state index < -0.39 is 0 Å². The van der Waals surface area contributed by atoms with Crippen molar-refractivity contribution in [2.45, 2.75) is 117 Å². The molecule has 141 valence electrons. The van der Waals surface area contributed by atoms with Gasteiger partial charge in [-0.3, -0.25) is 0 Å². The van der Waals surface area contributed by atoms with Crippen molar-refractivity contribution in [1.82, 2.24) is 0 Å². The molecule has 0 heteroatoms. The minimum atomic E-state index is 0.714. The van der Waals surface area contributed by atoms with Crippen LogP contribution in [-0.2, 0) is 0 Å². The van der Waals surface area contributed by atoms with E-state index in [1.165, 1.54) is 103 Å². The number of rotatable bonds is 11. The molecule has 0 saturated heterocycles. The highest BCUT2D eigenvalue weighted by Crippen LogP contribution is 2.41. The van der Waals surface area contributed by atoms with Gasteiger partial charge >= 0.3 is 0 Å². The Bertz CT molecular complexity index is 295. The molecule has 0 nitrogen and oxygen atoms in total. The van der Waals surface area contributed by atoms with E-state index in [4.69, 9.17) is 6.92 Å². The fraction of sp³-hybridized carbons (Fsp3) is 0.958. The van der Waals surface area contributed by atoms with Gasteiger partial charge in [0, 0.05) is 0 Å². The molecule has 0 aliphatic heterocycles. The highest BCUT2D eigenvalue weighted by atomic mass is 14.4. The summed E-state index contributed by atoms with van der Waals surface area (Å²) in [5.74, 6) is 4.62. The Morgan fingerprint density at radius 1 is 0.792 bits per heavy atom. The second kappa shape index (κ2) is 11.6. The van der Waals surface area contributed by atoms with E-state index in [1.54, 1.807) is 0 Å². The molecule has 3 unspecified atom stereocenters. The average Bonchev–Trinajstić information content (AvgIpc) is 3.09. The maximum atomic E-state index is 4.73. The normalized spacial score (nSPS) is 24.1. The zero-order valence-corrected chi connectivity index (χ0v) is 16.9. The first-order valence-corrected chi connectivity index (χ1v) is 11.6. The molecule has 0 aromatic carbocycles. The van der Waals surface area contributed by atoms with Crippen LogP contribution < -0.4 is 0 Å². The molecule has 2 saturated carbocycles. The molecule has 0 amide bonds. The Kier molecular flexibility index (Phi) is 9.80. The molecule has 0 aromatic rings. The maximum Gasteiger partial charge on any atom is -0.0360 e. The minimum Gasteiger partial charge on any atom is -0.0654 e. The summed E-state index contributed by atoms with van der Waals surface area (Å²) in [6.07, 6.45) is 23.5. The van der Waals surface area contributed by atoms with Crippen LogP contribution in [0.2, 0.25) is 0 Å². The van der Waals surface area contributed by atoms with Gasteiger partial charge in [0.1, 0.15) is 0 Å². The fourth-order valence-electron chi connectivity index (χ4n) is 5.91. The maximum absolute atomic E-state index is 4.73. The summed E-state index contributed by atoms with van der Waals surface area (Å²) in [7, 11) is 0. The number of hydrogen-bond acceptors (Lipinski definition) is 0. The van der Waals surface area contributed by atoms with Crippen LogP contribution >= 0.6 is 0 Å². The van der Waals surface area contributed by atoms with E-state index >= 15 is 0 Å². The van der Waals surface area contributed by atoms with Gasteiger partial charge in [-0.05, 0) is 49.4 Å². The van der Waals surface area contributed by atoms with Crippen molar-refractivity contribution in [3.8, 4) is 0 Å². The zero-order chi connectivity index (χ0) is 17.2. The average molecular weight is 334 g/mol. The van der Waals surface area contributed by atoms with Gasteiger partial charge in [-0.1, -0.05) is 104 Å². The minimum absolute atomic E-state index is 0.714. The van der Waals surface area contributed by atoms with Gasteiger partial charge in [-0.2, -0.15) is 0 Å². The van der Waals surface area contributed by atoms with Crippen LogP contribution in [-0.4, -0.2) is 0 Å². The fourth-order valence-corrected chi connectivity index (χ4v) is 5.91. The molecule has 2 rings (SSSR count). The van der Waals surface area contributed by atoms with Crippen LogP contribution in [0.5, 0.6) is 0 Å². The molecule has 0 heterocycles. The van der Waals surface area contributed by atoms with Crippen molar-refractivity contribution in [3.63, 3.8) is 0 Å². The van der Waals surface area contributed by atoms with E-state index in [0.29, 0.717) is 5.92 Å². The van der Waals surface area contributed by atoms with Crippen LogP contribution in [0.3, 0.4) is 0 Å². The van der Waals surface area contributed by atoms with Crippen molar-refractivity contribution in [3.05, 3.63) is 6.92 Å². The summed E-state index contributed by atoms with van der Waals surface area (Å²) in [6.45, 7) is 9.52. The number of hydrogen-bond donors (Lipinski definition) is 0. The summed E-state index contributed by atoms with van der Waals surface area (Å²) in [5, 5.41) is 0. The SMILES string of the molecule is [CH2]C(CC1CCCCC1)C(CC)C(CCCCC)CC1CCCC1. The molecular weight excluding hydrogens is 288 g/mol. The number of unbranched alkanes of at least 4 members (excludes halogenated alkanes) is 2. The third-order valence-corrected chi connectivity index (χ3v) is 7.33. The molecule has 2 aliphatic rings. The monoisotopic (exact) mass is 333 g/mol. The summed E-state index contributed by atoms with van der Waals surface area (Å²) in [4.78, 5) is 0. The van der Waals surface area contributed by atoms with Crippen LogP contribution in [0, 0.1) is 36.5 Å². The second-order valence-corrected chi connectivity index (χ2v) is 9.21.